The number of nitrogens with zero attached hydrogens (tertiary/aromatic N) is 5. The molecule has 3 heterocycles. The van der Waals surface area contributed by atoms with Gasteiger partial charge in [-0.15, -0.1) is 5.10 Å². The minimum atomic E-state index is 0.523. The third-order valence-electron chi connectivity index (χ3n) is 2.41. The molecule has 0 aliphatic carbocycles. The smallest absolute Gasteiger partial charge is 0.157 e. The Kier molecular flexibility index (Phi) is 1.70. The van der Waals surface area contributed by atoms with Gasteiger partial charge in [0.15, 0.2) is 11.5 Å². The second-order valence-corrected chi connectivity index (χ2v) is 3.56. The van der Waals surface area contributed by atoms with Gasteiger partial charge in [0, 0.05) is 30.1 Å². The van der Waals surface area contributed by atoms with Gasteiger partial charge in [0.1, 0.15) is 5.82 Å². The predicted octanol–water partition coefficient (Wildman–Crippen LogP) is 0.806. The molecule has 0 saturated carbocycles. The highest BCUT2D eigenvalue weighted by atomic mass is 15.3. The molecule has 0 amide bonds. The number of nitrogens with two attached hydrogens (primary N) is 1. The summed E-state index contributed by atoms with van der Waals surface area (Å²) in [6.07, 6.45) is 5.39. The van der Waals surface area contributed by atoms with Gasteiger partial charge in [-0.2, -0.15) is 5.10 Å². The summed E-state index contributed by atoms with van der Waals surface area (Å²) >= 11 is 0. The van der Waals surface area contributed by atoms with Crippen LogP contribution in [0.15, 0.2) is 30.7 Å². The van der Waals surface area contributed by atoms with Crippen LogP contribution in [0.4, 0.5) is 5.82 Å². The molecule has 6 nitrogen and oxygen atoms in total. The van der Waals surface area contributed by atoms with Crippen LogP contribution in [0.1, 0.15) is 5.56 Å². The van der Waals surface area contributed by atoms with Crippen LogP contribution in [0, 0.1) is 6.92 Å². The minimum absolute atomic E-state index is 0.523. The summed E-state index contributed by atoms with van der Waals surface area (Å²) in [6.45, 7) is 1.91. The number of fused-ring (bicyclic) bond motifs is 1. The van der Waals surface area contributed by atoms with Gasteiger partial charge in [-0.3, -0.25) is 0 Å². The van der Waals surface area contributed by atoms with E-state index in [-0.39, 0.29) is 0 Å². The van der Waals surface area contributed by atoms with E-state index in [1.54, 1.807) is 15.4 Å². The van der Waals surface area contributed by atoms with E-state index in [4.69, 9.17) is 5.73 Å². The molecule has 3 rings (SSSR count). The van der Waals surface area contributed by atoms with Crippen molar-refractivity contribution in [1.82, 2.24) is 24.4 Å². The zero-order valence-corrected chi connectivity index (χ0v) is 8.70. The second kappa shape index (κ2) is 3.06. The zero-order valence-electron chi connectivity index (χ0n) is 8.70. The van der Waals surface area contributed by atoms with E-state index in [1.165, 1.54) is 0 Å². The number of hydrogen-bond acceptors (Lipinski definition) is 4. The second-order valence-electron chi connectivity index (χ2n) is 3.56. The Bertz CT molecular complexity index is 631. The molecule has 0 unspecified atom stereocenters. The highest BCUT2D eigenvalue weighted by molar-refractivity contribution is 5.43. The van der Waals surface area contributed by atoms with Crippen molar-refractivity contribution in [3.05, 3.63) is 36.3 Å². The molecular weight excluding hydrogens is 204 g/mol. The van der Waals surface area contributed by atoms with Gasteiger partial charge in [0.2, 0.25) is 0 Å². The molecule has 3 aromatic rings. The lowest BCUT2D eigenvalue weighted by Crippen LogP contribution is -2.01. The first-order valence-electron chi connectivity index (χ1n) is 4.86. The molecule has 0 aromatic carbocycles. The highest BCUT2D eigenvalue weighted by Crippen LogP contribution is 2.11. The van der Waals surface area contributed by atoms with E-state index in [2.05, 4.69) is 15.2 Å². The Morgan fingerprint density at radius 2 is 2.19 bits per heavy atom. The molecule has 0 aliphatic rings. The zero-order chi connectivity index (χ0) is 11.1. The average molecular weight is 214 g/mol. The summed E-state index contributed by atoms with van der Waals surface area (Å²) in [7, 11) is 0. The molecule has 0 aliphatic heterocycles. The summed E-state index contributed by atoms with van der Waals surface area (Å²) in [6, 6.07) is 3.68. The Labute approximate surface area is 91.3 Å². The standard InChI is InChI=1S/C10H10N6/c1-7-6-16(14-10(7)11)9-3-5-15-8(13-9)2-4-12-15/h2-6H,1H3,(H2,11,14). The van der Waals surface area contributed by atoms with Crippen molar-refractivity contribution in [2.24, 2.45) is 0 Å². The van der Waals surface area contributed by atoms with E-state index in [1.807, 2.05) is 31.5 Å². The van der Waals surface area contributed by atoms with E-state index in [0.29, 0.717) is 5.82 Å². The molecule has 80 valence electrons. The molecule has 0 atom stereocenters. The first kappa shape index (κ1) is 8.90. The number of rotatable bonds is 1. The lowest BCUT2D eigenvalue weighted by Gasteiger charge is -1.99. The Hall–Kier alpha value is -2.37. The van der Waals surface area contributed by atoms with Gasteiger partial charge in [0.25, 0.3) is 0 Å². The Morgan fingerprint density at radius 1 is 1.31 bits per heavy atom. The normalized spacial score (nSPS) is 11.1. The van der Waals surface area contributed by atoms with Gasteiger partial charge >= 0.3 is 0 Å². The number of aryl methyl sites for hydroxylation is 1. The molecule has 0 saturated heterocycles. The highest BCUT2D eigenvalue weighted by Gasteiger charge is 2.05. The van der Waals surface area contributed by atoms with Crippen molar-refractivity contribution in [3.8, 4) is 5.82 Å². The first-order valence-corrected chi connectivity index (χ1v) is 4.86. The van der Waals surface area contributed by atoms with Crippen molar-refractivity contribution in [2.75, 3.05) is 5.73 Å². The molecule has 2 N–H and O–H groups in total. The SMILES string of the molecule is Cc1cn(-c2ccn3nccc3n2)nc1N. The van der Waals surface area contributed by atoms with Crippen molar-refractivity contribution in [1.29, 1.82) is 0 Å². The van der Waals surface area contributed by atoms with E-state index in [0.717, 1.165) is 17.0 Å². The topological polar surface area (TPSA) is 74.0 Å². The number of anilines is 1. The number of aromatic nitrogens is 5. The maximum Gasteiger partial charge on any atom is 0.157 e. The number of hydrogen-bond donors (Lipinski definition) is 1. The fourth-order valence-corrected chi connectivity index (χ4v) is 1.52. The third kappa shape index (κ3) is 1.23. The lowest BCUT2D eigenvalue weighted by molar-refractivity contribution is 0.835. The number of nitrogen functional groups attached to an aromatic ring is 1. The molecular formula is C10H10N6. The van der Waals surface area contributed by atoms with Gasteiger partial charge in [-0.1, -0.05) is 0 Å². The van der Waals surface area contributed by atoms with E-state index in [9.17, 15) is 0 Å². The molecule has 3 aromatic heterocycles. The van der Waals surface area contributed by atoms with Crippen LogP contribution in [0.25, 0.3) is 11.5 Å². The van der Waals surface area contributed by atoms with Gasteiger partial charge < -0.3 is 5.73 Å². The van der Waals surface area contributed by atoms with Crippen LogP contribution in [-0.4, -0.2) is 24.4 Å². The maximum atomic E-state index is 5.69. The van der Waals surface area contributed by atoms with Crippen LogP contribution in [0.2, 0.25) is 0 Å². The largest absolute Gasteiger partial charge is 0.382 e. The average Bonchev–Trinajstić information content (AvgIpc) is 2.85. The van der Waals surface area contributed by atoms with Crippen LogP contribution in [-0.2, 0) is 0 Å². The Balaban J connectivity index is 2.17. The van der Waals surface area contributed by atoms with Crippen molar-refractivity contribution in [2.45, 2.75) is 6.92 Å². The molecule has 0 fully saturated rings. The maximum absolute atomic E-state index is 5.69. The van der Waals surface area contributed by atoms with Gasteiger partial charge in [0.05, 0.1) is 6.20 Å². The monoisotopic (exact) mass is 214 g/mol. The molecule has 0 spiro atoms. The predicted molar refractivity (Wildman–Crippen MR) is 59.3 cm³/mol. The van der Waals surface area contributed by atoms with Crippen molar-refractivity contribution >= 4 is 11.5 Å². The molecule has 0 radical (unpaired) electrons. The quantitative estimate of drug-likeness (QED) is 0.650. The fraction of sp³-hybridized carbons (Fsp3) is 0.100. The molecule has 16 heavy (non-hydrogen) atoms. The lowest BCUT2D eigenvalue weighted by atomic mass is 10.4. The van der Waals surface area contributed by atoms with Gasteiger partial charge in [-0.05, 0) is 6.92 Å². The van der Waals surface area contributed by atoms with Crippen LogP contribution < -0.4 is 5.73 Å². The summed E-state index contributed by atoms with van der Waals surface area (Å²) in [5.74, 6) is 1.25. The van der Waals surface area contributed by atoms with Crippen LogP contribution in [0.5, 0.6) is 0 Å². The van der Waals surface area contributed by atoms with E-state index >= 15 is 0 Å². The van der Waals surface area contributed by atoms with Crippen LogP contribution >= 0.6 is 0 Å². The minimum Gasteiger partial charge on any atom is -0.382 e. The third-order valence-corrected chi connectivity index (χ3v) is 2.41. The Morgan fingerprint density at radius 3 is 2.94 bits per heavy atom. The molecule has 0 bridgehead atoms. The first-order chi connectivity index (χ1) is 7.74. The van der Waals surface area contributed by atoms with Crippen molar-refractivity contribution < 1.29 is 0 Å². The van der Waals surface area contributed by atoms with E-state index < -0.39 is 0 Å². The summed E-state index contributed by atoms with van der Waals surface area (Å²) in [4.78, 5) is 4.41. The molecule has 6 heteroatoms. The van der Waals surface area contributed by atoms with Gasteiger partial charge in [-0.25, -0.2) is 14.2 Å². The fourth-order valence-electron chi connectivity index (χ4n) is 1.52. The van der Waals surface area contributed by atoms with Crippen molar-refractivity contribution in [3.63, 3.8) is 0 Å². The summed E-state index contributed by atoms with van der Waals surface area (Å²) < 4.78 is 3.36. The van der Waals surface area contributed by atoms with Crippen LogP contribution in [0.3, 0.4) is 0 Å². The summed E-state index contributed by atoms with van der Waals surface area (Å²) in [5.41, 5.74) is 7.42. The summed E-state index contributed by atoms with van der Waals surface area (Å²) in [5, 5.41) is 8.25.